The van der Waals surface area contributed by atoms with E-state index in [-0.39, 0.29) is 6.09 Å². The molecule has 0 radical (unpaired) electrons. The summed E-state index contributed by atoms with van der Waals surface area (Å²) in [4.78, 5) is 18.4. The Morgan fingerprint density at radius 3 is 2.65 bits per heavy atom. The summed E-state index contributed by atoms with van der Waals surface area (Å²) in [7, 11) is 1.75. The molecule has 1 heterocycles. The molecular formula is C18H32N6O2. The Bertz CT molecular complexity index is 575. The van der Waals surface area contributed by atoms with Gasteiger partial charge in [0.2, 0.25) is 0 Å². The van der Waals surface area contributed by atoms with Crippen LogP contribution in [0, 0.1) is 0 Å². The van der Waals surface area contributed by atoms with Gasteiger partial charge in [0.25, 0.3) is 0 Å². The van der Waals surface area contributed by atoms with E-state index in [9.17, 15) is 4.79 Å². The monoisotopic (exact) mass is 364 g/mol. The minimum atomic E-state index is -0.468. The summed E-state index contributed by atoms with van der Waals surface area (Å²) in [6.45, 7) is 8.58. The van der Waals surface area contributed by atoms with Gasteiger partial charge in [-0.15, -0.1) is 0 Å². The van der Waals surface area contributed by atoms with Crippen LogP contribution in [-0.4, -0.2) is 65.1 Å². The molecule has 1 saturated carbocycles. The maximum atomic E-state index is 12.3. The predicted molar refractivity (Wildman–Crippen MR) is 102 cm³/mol. The third-order valence-electron chi connectivity index (χ3n) is 3.90. The quantitative estimate of drug-likeness (QED) is 0.418. The standard InChI is InChI=1S/C18H32N6O2/c1-18(2,3)26-17(25)24(15-7-8-15)14-11-21-16(19-4)20-9-5-12-23-13-6-10-22-23/h6,10,13,15H,5,7-9,11-12,14H2,1-4H3,(H2,19,20,21). The minimum absolute atomic E-state index is 0.232. The second-order valence-corrected chi connectivity index (χ2v) is 7.45. The fourth-order valence-corrected chi connectivity index (χ4v) is 2.53. The summed E-state index contributed by atoms with van der Waals surface area (Å²) >= 11 is 0. The molecule has 0 saturated heterocycles. The zero-order valence-corrected chi connectivity index (χ0v) is 16.4. The second-order valence-electron chi connectivity index (χ2n) is 7.45. The first-order valence-corrected chi connectivity index (χ1v) is 9.30. The van der Waals surface area contributed by atoms with Crippen LogP contribution in [0.25, 0.3) is 0 Å². The molecule has 8 heteroatoms. The highest BCUT2D eigenvalue weighted by atomic mass is 16.6. The van der Waals surface area contributed by atoms with Gasteiger partial charge in [-0.05, 0) is 46.1 Å². The van der Waals surface area contributed by atoms with E-state index in [1.807, 2.05) is 42.6 Å². The molecule has 0 bridgehead atoms. The highest BCUT2D eigenvalue weighted by molar-refractivity contribution is 5.79. The summed E-state index contributed by atoms with van der Waals surface area (Å²) in [6.07, 6.45) is 6.57. The smallest absolute Gasteiger partial charge is 0.410 e. The lowest BCUT2D eigenvalue weighted by molar-refractivity contribution is 0.0238. The number of nitrogens with one attached hydrogen (secondary N) is 2. The Morgan fingerprint density at radius 2 is 2.08 bits per heavy atom. The van der Waals surface area contributed by atoms with Crippen molar-refractivity contribution in [3.63, 3.8) is 0 Å². The zero-order valence-electron chi connectivity index (χ0n) is 16.4. The van der Waals surface area contributed by atoms with Crippen molar-refractivity contribution in [1.82, 2.24) is 25.3 Å². The summed E-state index contributed by atoms with van der Waals surface area (Å²) in [5, 5.41) is 10.7. The summed E-state index contributed by atoms with van der Waals surface area (Å²) in [6, 6.07) is 2.24. The van der Waals surface area contributed by atoms with Crippen molar-refractivity contribution in [1.29, 1.82) is 0 Å². The molecule has 146 valence electrons. The molecule has 0 spiro atoms. The van der Waals surface area contributed by atoms with E-state index in [1.54, 1.807) is 13.2 Å². The number of carbonyl (C=O) groups is 1. The molecular weight excluding hydrogens is 332 g/mol. The molecule has 0 aliphatic heterocycles. The van der Waals surface area contributed by atoms with E-state index < -0.39 is 5.60 Å². The number of guanidine groups is 1. The Morgan fingerprint density at radius 1 is 1.35 bits per heavy atom. The zero-order chi connectivity index (χ0) is 19.0. The number of rotatable bonds is 8. The van der Waals surface area contributed by atoms with Crippen LogP contribution in [0.1, 0.15) is 40.0 Å². The molecule has 1 amide bonds. The number of aryl methyl sites for hydroxylation is 1. The first-order valence-electron chi connectivity index (χ1n) is 9.30. The van der Waals surface area contributed by atoms with Crippen LogP contribution in [-0.2, 0) is 11.3 Å². The molecule has 1 aromatic rings. The van der Waals surface area contributed by atoms with Gasteiger partial charge in [-0.1, -0.05) is 0 Å². The maximum Gasteiger partial charge on any atom is 0.410 e. The molecule has 0 atom stereocenters. The molecule has 1 fully saturated rings. The van der Waals surface area contributed by atoms with Crippen molar-refractivity contribution >= 4 is 12.1 Å². The number of aliphatic imine (C=N–C) groups is 1. The van der Waals surface area contributed by atoms with Crippen LogP contribution >= 0.6 is 0 Å². The van der Waals surface area contributed by atoms with Crippen LogP contribution in [0.4, 0.5) is 4.79 Å². The Kier molecular flexibility index (Phi) is 7.29. The van der Waals surface area contributed by atoms with Crippen molar-refractivity contribution in [3.05, 3.63) is 18.5 Å². The molecule has 0 aromatic carbocycles. The van der Waals surface area contributed by atoms with Crippen LogP contribution in [0.2, 0.25) is 0 Å². The number of hydrogen-bond acceptors (Lipinski definition) is 4. The van der Waals surface area contributed by atoms with Crippen molar-refractivity contribution in [3.8, 4) is 0 Å². The normalized spacial score (nSPS) is 14.8. The topological polar surface area (TPSA) is 83.8 Å². The largest absolute Gasteiger partial charge is 0.444 e. The number of aromatic nitrogens is 2. The van der Waals surface area contributed by atoms with E-state index in [0.717, 1.165) is 38.3 Å². The molecule has 1 aliphatic carbocycles. The van der Waals surface area contributed by atoms with Gasteiger partial charge in [0.05, 0.1) is 0 Å². The van der Waals surface area contributed by atoms with Crippen LogP contribution in [0.15, 0.2) is 23.5 Å². The Balaban J connectivity index is 1.67. The fourth-order valence-electron chi connectivity index (χ4n) is 2.53. The maximum absolute atomic E-state index is 12.3. The van der Waals surface area contributed by atoms with Gasteiger partial charge in [0, 0.05) is 51.7 Å². The van der Waals surface area contributed by atoms with Crippen LogP contribution in [0.5, 0.6) is 0 Å². The average molecular weight is 364 g/mol. The van der Waals surface area contributed by atoms with Crippen LogP contribution < -0.4 is 10.6 Å². The van der Waals surface area contributed by atoms with E-state index >= 15 is 0 Å². The molecule has 8 nitrogen and oxygen atoms in total. The number of hydrogen-bond donors (Lipinski definition) is 2. The lowest BCUT2D eigenvalue weighted by Crippen LogP contribution is -2.45. The van der Waals surface area contributed by atoms with Gasteiger partial charge < -0.3 is 20.3 Å². The molecule has 0 unspecified atom stereocenters. The van der Waals surface area contributed by atoms with Crippen molar-refractivity contribution in [2.45, 2.75) is 58.2 Å². The SMILES string of the molecule is CN=C(NCCCn1cccn1)NCCN(C(=O)OC(C)(C)C)C1CC1. The van der Waals surface area contributed by atoms with E-state index in [0.29, 0.717) is 19.1 Å². The first-order chi connectivity index (χ1) is 12.4. The Labute approximate surface area is 156 Å². The number of nitrogens with zero attached hydrogens (tertiary/aromatic N) is 4. The molecule has 2 rings (SSSR count). The number of amides is 1. The van der Waals surface area contributed by atoms with E-state index in [2.05, 4.69) is 20.7 Å². The molecule has 1 aromatic heterocycles. The van der Waals surface area contributed by atoms with Crippen molar-refractivity contribution in [2.75, 3.05) is 26.7 Å². The molecule has 2 N–H and O–H groups in total. The predicted octanol–water partition coefficient (Wildman–Crippen LogP) is 1.84. The van der Waals surface area contributed by atoms with Crippen LogP contribution in [0.3, 0.4) is 0 Å². The van der Waals surface area contributed by atoms with Crippen molar-refractivity contribution < 1.29 is 9.53 Å². The summed E-state index contributed by atoms with van der Waals surface area (Å²) in [5.41, 5.74) is -0.468. The third kappa shape index (κ3) is 7.33. The minimum Gasteiger partial charge on any atom is -0.444 e. The lowest BCUT2D eigenvalue weighted by Gasteiger charge is -2.27. The van der Waals surface area contributed by atoms with Gasteiger partial charge in [-0.3, -0.25) is 9.67 Å². The lowest BCUT2D eigenvalue weighted by atomic mass is 10.2. The number of ether oxygens (including phenoxy) is 1. The highest BCUT2D eigenvalue weighted by Crippen LogP contribution is 2.27. The first kappa shape index (κ1) is 20.1. The highest BCUT2D eigenvalue weighted by Gasteiger charge is 2.34. The second kappa shape index (κ2) is 9.45. The summed E-state index contributed by atoms with van der Waals surface area (Å²) < 4.78 is 7.41. The van der Waals surface area contributed by atoms with E-state index in [1.165, 1.54) is 0 Å². The third-order valence-corrected chi connectivity index (χ3v) is 3.90. The average Bonchev–Trinajstić information content (AvgIpc) is 3.26. The number of carbonyl (C=O) groups excluding carboxylic acids is 1. The van der Waals surface area contributed by atoms with Gasteiger partial charge >= 0.3 is 6.09 Å². The summed E-state index contributed by atoms with van der Waals surface area (Å²) in [5.74, 6) is 0.741. The van der Waals surface area contributed by atoms with Gasteiger partial charge in [-0.2, -0.15) is 5.10 Å². The fraction of sp³-hybridized carbons (Fsp3) is 0.722. The van der Waals surface area contributed by atoms with Gasteiger partial charge in [0.15, 0.2) is 5.96 Å². The van der Waals surface area contributed by atoms with E-state index in [4.69, 9.17) is 4.74 Å². The van der Waals surface area contributed by atoms with Gasteiger partial charge in [0.1, 0.15) is 5.60 Å². The molecule has 1 aliphatic rings. The van der Waals surface area contributed by atoms with Gasteiger partial charge in [-0.25, -0.2) is 4.79 Å². The Hall–Kier alpha value is -2.25. The van der Waals surface area contributed by atoms with Crippen molar-refractivity contribution in [2.24, 2.45) is 4.99 Å². The molecule has 26 heavy (non-hydrogen) atoms.